The molecule has 0 atom stereocenters. The van der Waals surface area contributed by atoms with Crippen LogP contribution in [0.4, 0.5) is 0 Å². The van der Waals surface area contributed by atoms with Gasteiger partial charge < -0.3 is 0 Å². The van der Waals surface area contributed by atoms with Crippen LogP contribution in [0.15, 0.2) is 54.6 Å². The Balaban J connectivity index is 2.11. The lowest BCUT2D eigenvalue weighted by molar-refractivity contribution is 1.04. The molecule has 0 aliphatic heterocycles. The predicted molar refractivity (Wildman–Crippen MR) is 79.2 cm³/mol. The molecule has 0 bridgehead atoms. The van der Waals surface area contributed by atoms with E-state index in [-0.39, 0.29) is 0 Å². The highest BCUT2D eigenvalue weighted by atomic mass is 14.7. The van der Waals surface area contributed by atoms with Crippen LogP contribution in [-0.4, -0.2) is 4.98 Å². The molecular formula is C18H16N. The fourth-order valence-corrected chi connectivity index (χ4v) is 2.40. The highest BCUT2D eigenvalue weighted by Crippen LogP contribution is 2.21. The monoisotopic (exact) mass is 246 g/mol. The highest BCUT2D eigenvalue weighted by Gasteiger charge is 2.05. The summed E-state index contributed by atoms with van der Waals surface area (Å²) in [6.45, 7) is 2.15. The van der Waals surface area contributed by atoms with Gasteiger partial charge in [0.05, 0.1) is 5.52 Å². The highest BCUT2D eigenvalue weighted by molar-refractivity contribution is 5.82. The molecule has 0 fully saturated rings. The molecule has 3 rings (SSSR count). The topological polar surface area (TPSA) is 12.9 Å². The Labute approximate surface area is 113 Å². The Morgan fingerprint density at radius 1 is 1.05 bits per heavy atom. The van der Waals surface area contributed by atoms with E-state index in [2.05, 4.69) is 60.4 Å². The summed E-state index contributed by atoms with van der Waals surface area (Å²) >= 11 is 0. The van der Waals surface area contributed by atoms with Crippen molar-refractivity contribution in [1.82, 2.24) is 4.98 Å². The number of rotatable bonds is 3. The van der Waals surface area contributed by atoms with Gasteiger partial charge in [-0.2, -0.15) is 0 Å². The summed E-state index contributed by atoms with van der Waals surface area (Å²) in [5.74, 6) is 0. The lowest BCUT2D eigenvalue weighted by atomic mass is 10.00. The van der Waals surface area contributed by atoms with Crippen LogP contribution >= 0.6 is 0 Å². The van der Waals surface area contributed by atoms with Crippen molar-refractivity contribution in [1.29, 1.82) is 0 Å². The first kappa shape index (κ1) is 11.9. The standard InChI is InChI=1S/C18H16N/c1-2-16-13-15(12-14-8-4-3-5-9-14)17-10-6-7-11-18(17)19-16/h4-11,13H,2,12H2,1H3. The first-order valence-corrected chi connectivity index (χ1v) is 6.69. The van der Waals surface area contributed by atoms with Gasteiger partial charge in [-0.1, -0.05) is 49.4 Å². The van der Waals surface area contributed by atoms with Crippen molar-refractivity contribution in [2.45, 2.75) is 19.8 Å². The summed E-state index contributed by atoms with van der Waals surface area (Å²) in [4.78, 5) is 4.69. The van der Waals surface area contributed by atoms with Crippen molar-refractivity contribution >= 4 is 10.9 Å². The number of aromatic nitrogens is 1. The van der Waals surface area contributed by atoms with Crippen LogP contribution in [0.2, 0.25) is 0 Å². The number of nitrogens with zero attached hydrogens (tertiary/aromatic N) is 1. The summed E-state index contributed by atoms with van der Waals surface area (Å²) in [5.41, 5.74) is 4.93. The van der Waals surface area contributed by atoms with Gasteiger partial charge in [-0.25, -0.2) is 0 Å². The third-order valence-corrected chi connectivity index (χ3v) is 3.40. The molecule has 3 aromatic rings. The second kappa shape index (κ2) is 5.23. The Morgan fingerprint density at radius 3 is 2.63 bits per heavy atom. The van der Waals surface area contributed by atoms with Gasteiger partial charge in [0.15, 0.2) is 0 Å². The molecule has 19 heavy (non-hydrogen) atoms. The van der Waals surface area contributed by atoms with E-state index in [0.717, 1.165) is 24.1 Å². The van der Waals surface area contributed by atoms with E-state index >= 15 is 0 Å². The van der Waals surface area contributed by atoms with Gasteiger partial charge in [-0.15, -0.1) is 0 Å². The van der Waals surface area contributed by atoms with Gasteiger partial charge in [0, 0.05) is 11.1 Å². The minimum absolute atomic E-state index is 0.949. The lowest BCUT2D eigenvalue weighted by Crippen LogP contribution is -1.95. The van der Waals surface area contributed by atoms with Gasteiger partial charge in [0.2, 0.25) is 0 Å². The zero-order chi connectivity index (χ0) is 13.1. The van der Waals surface area contributed by atoms with Gasteiger partial charge >= 0.3 is 0 Å². The van der Waals surface area contributed by atoms with Crippen LogP contribution in [-0.2, 0) is 12.8 Å². The first-order valence-electron chi connectivity index (χ1n) is 6.69. The molecule has 0 spiro atoms. The van der Waals surface area contributed by atoms with Crippen molar-refractivity contribution in [3.05, 3.63) is 77.5 Å². The summed E-state index contributed by atoms with van der Waals surface area (Å²) in [7, 11) is 0. The molecule has 0 saturated carbocycles. The van der Waals surface area contributed by atoms with E-state index in [0.29, 0.717) is 0 Å². The van der Waals surface area contributed by atoms with E-state index < -0.39 is 0 Å². The third-order valence-electron chi connectivity index (χ3n) is 3.40. The van der Waals surface area contributed by atoms with Crippen LogP contribution in [0.3, 0.4) is 0 Å². The van der Waals surface area contributed by atoms with Crippen molar-refractivity contribution in [3.63, 3.8) is 0 Å². The quantitative estimate of drug-likeness (QED) is 0.675. The van der Waals surface area contributed by atoms with Crippen molar-refractivity contribution in [2.75, 3.05) is 0 Å². The number of hydrogen-bond donors (Lipinski definition) is 0. The molecule has 2 aromatic carbocycles. The lowest BCUT2D eigenvalue weighted by Gasteiger charge is -2.09. The van der Waals surface area contributed by atoms with Gasteiger partial charge in [0.1, 0.15) is 0 Å². The zero-order valence-corrected chi connectivity index (χ0v) is 11.1. The number of aryl methyl sites for hydroxylation is 1. The van der Waals surface area contributed by atoms with Crippen molar-refractivity contribution < 1.29 is 0 Å². The molecule has 1 nitrogen and oxygen atoms in total. The first-order chi connectivity index (χ1) is 9.36. The number of benzene rings is 2. The fraction of sp³-hybridized carbons (Fsp3) is 0.167. The van der Waals surface area contributed by atoms with E-state index in [1.807, 2.05) is 12.1 Å². The number of fused-ring (bicyclic) bond motifs is 1. The molecule has 1 heterocycles. The number of hydrogen-bond acceptors (Lipinski definition) is 1. The van der Waals surface area contributed by atoms with Gasteiger partial charge in [-0.3, -0.25) is 4.98 Å². The smallest absolute Gasteiger partial charge is 0.0708 e. The molecule has 1 heteroatoms. The molecule has 0 unspecified atom stereocenters. The SMILES string of the molecule is CCc1cc(Cc2cc[c]cc2)c2ccccc2n1. The van der Waals surface area contributed by atoms with E-state index in [4.69, 9.17) is 0 Å². The van der Waals surface area contributed by atoms with Crippen molar-refractivity contribution in [2.24, 2.45) is 0 Å². The molecule has 1 aromatic heterocycles. The average molecular weight is 246 g/mol. The second-order valence-electron chi connectivity index (χ2n) is 4.73. The van der Waals surface area contributed by atoms with E-state index in [1.165, 1.54) is 16.5 Å². The molecule has 0 aliphatic carbocycles. The normalized spacial score (nSPS) is 10.8. The second-order valence-corrected chi connectivity index (χ2v) is 4.73. The Bertz CT molecular complexity index is 686. The molecule has 0 amide bonds. The zero-order valence-electron chi connectivity index (χ0n) is 11.1. The summed E-state index contributed by atoms with van der Waals surface area (Å²) < 4.78 is 0. The third kappa shape index (κ3) is 2.50. The fourth-order valence-electron chi connectivity index (χ4n) is 2.40. The van der Waals surface area contributed by atoms with Gasteiger partial charge in [-0.05, 0) is 42.2 Å². The summed E-state index contributed by atoms with van der Waals surface area (Å²) in [5, 5.41) is 1.26. The van der Waals surface area contributed by atoms with Gasteiger partial charge in [0.25, 0.3) is 0 Å². The maximum absolute atomic E-state index is 4.69. The average Bonchev–Trinajstić information content (AvgIpc) is 2.48. The van der Waals surface area contributed by atoms with E-state index in [9.17, 15) is 0 Å². The number of para-hydroxylation sites is 1. The van der Waals surface area contributed by atoms with Crippen LogP contribution in [0, 0.1) is 6.07 Å². The maximum Gasteiger partial charge on any atom is 0.0708 e. The molecule has 0 aliphatic rings. The summed E-state index contributed by atoms with van der Waals surface area (Å²) in [6, 6.07) is 21.9. The van der Waals surface area contributed by atoms with Crippen molar-refractivity contribution in [3.8, 4) is 0 Å². The number of pyridine rings is 1. The molecule has 0 saturated heterocycles. The Morgan fingerprint density at radius 2 is 1.84 bits per heavy atom. The predicted octanol–water partition coefficient (Wildman–Crippen LogP) is 4.19. The molecular weight excluding hydrogens is 230 g/mol. The van der Waals surface area contributed by atoms with Crippen LogP contribution in [0.1, 0.15) is 23.7 Å². The largest absolute Gasteiger partial charge is 0.253 e. The Kier molecular flexibility index (Phi) is 3.28. The Hall–Kier alpha value is -2.15. The van der Waals surface area contributed by atoms with Crippen LogP contribution < -0.4 is 0 Å². The summed E-state index contributed by atoms with van der Waals surface area (Å²) in [6.07, 6.45) is 1.92. The molecule has 93 valence electrons. The molecule has 0 N–H and O–H groups in total. The van der Waals surface area contributed by atoms with Crippen LogP contribution in [0.25, 0.3) is 10.9 Å². The van der Waals surface area contributed by atoms with Crippen LogP contribution in [0.5, 0.6) is 0 Å². The minimum atomic E-state index is 0.949. The molecule has 1 radical (unpaired) electrons. The van der Waals surface area contributed by atoms with E-state index in [1.54, 1.807) is 0 Å². The maximum atomic E-state index is 4.69. The minimum Gasteiger partial charge on any atom is -0.253 e.